The number of carbonyl (C=O) groups is 1. The van der Waals surface area contributed by atoms with Crippen molar-refractivity contribution in [3.8, 4) is 5.75 Å². The number of benzene rings is 1. The maximum atomic E-state index is 13.5. The molecule has 1 fully saturated rings. The van der Waals surface area contributed by atoms with E-state index in [0.717, 1.165) is 25.0 Å². The van der Waals surface area contributed by atoms with Crippen LogP contribution < -0.4 is 15.8 Å². The Hall–Kier alpha value is -1.47. The lowest BCUT2D eigenvalue weighted by molar-refractivity contribution is -0.121. The van der Waals surface area contributed by atoms with Gasteiger partial charge in [0.1, 0.15) is 0 Å². The SMILES string of the molecule is Cl.NC1(C(=O)Nc2ccc(OC(F)F)c(F)c2)CCCC1. The highest BCUT2D eigenvalue weighted by Crippen LogP contribution is 2.29. The summed E-state index contributed by atoms with van der Waals surface area (Å²) in [5.41, 5.74) is 5.18. The van der Waals surface area contributed by atoms with Crippen LogP contribution >= 0.6 is 12.4 Å². The lowest BCUT2D eigenvalue weighted by Gasteiger charge is -2.22. The van der Waals surface area contributed by atoms with E-state index in [-0.39, 0.29) is 18.1 Å². The Kier molecular flexibility index (Phi) is 5.86. The van der Waals surface area contributed by atoms with Gasteiger partial charge < -0.3 is 15.8 Å². The summed E-state index contributed by atoms with van der Waals surface area (Å²) >= 11 is 0. The smallest absolute Gasteiger partial charge is 0.387 e. The van der Waals surface area contributed by atoms with Crippen LogP contribution in [-0.2, 0) is 4.79 Å². The minimum Gasteiger partial charge on any atom is -0.432 e. The molecule has 0 heterocycles. The van der Waals surface area contributed by atoms with Gasteiger partial charge in [0.15, 0.2) is 11.6 Å². The van der Waals surface area contributed by atoms with Gasteiger partial charge >= 0.3 is 6.61 Å². The average Bonchev–Trinajstić information content (AvgIpc) is 2.81. The third-order valence-electron chi connectivity index (χ3n) is 3.35. The molecule has 1 aliphatic carbocycles. The van der Waals surface area contributed by atoms with Gasteiger partial charge in [-0.25, -0.2) is 4.39 Å². The summed E-state index contributed by atoms with van der Waals surface area (Å²) in [6.45, 7) is -3.10. The molecule has 1 aliphatic rings. The Labute approximate surface area is 126 Å². The fraction of sp³-hybridized carbons (Fsp3) is 0.462. The molecule has 1 amide bonds. The number of hydrogen-bond donors (Lipinski definition) is 2. The van der Waals surface area contributed by atoms with Gasteiger partial charge in [0.2, 0.25) is 5.91 Å². The molecule has 0 radical (unpaired) electrons. The Bertz CT molecular complexity index is 508. The van der Waals surface area contributed by atoms with Crippen molar-refractivity contribution < 1.29 is 22.7 Å². The van der Waals surface area contributed by atoms with E-state index in [9.17, 15) is 18.0 Å². The topological polar surface area (TPSA) is 64.4 Å². The summed E-state index contributed by atoms with van der Waals surface area (Å²) < 4.78 is 41.5. The van der Waals surface area contributed by atoms with Crippen molar-refractivity contribution >= 4 is 24.0 Å². The Morgan fingerprint density at radius 1 is 1.33 bits per heavy atom. The van der Waals surface area contributed by atoms with Crippen LogP contribution in [0.25, 0.3) is 0 Å². The number of nitrogens with one attached hydrogen (secondary N) is 1. The molecule has 8 heteroatoms. The largest absolute Gasteiger partial charge is 0.432 e. The quantitative estimate of drug-likeness (QED) is 0.894. The van der Waals surface area contributed by atoms with E-state index in [1.807, 2.05) is 0 Å². The van der Waals surface area contributed by atoms with E-state index in [1.54, 1.807) is 0 Å². The van der Waals surface area contributed by atoms with Crippen LogP contribution in [0.4, 0.5) is 18.9 Å². The van der Waals surface area contributed by atoms with E-state index in [4.69, 9.17) is 5.73 Å². The Morgan fingerprint density at radius 2 is 1.95 bits per heavy atom. The van der Waals surface area contributed by atoms with Gasteiger partial charge in [0.25, 0.3) is 0 Å². The van der Waals surface area contributed by atoms with Crippen LogP contribution in [0.5, 0.6) is 5.75 Å². The van der Waals surface area contributed by atoms with Crippen molar-refractivity contribution in [2.75, 3.05) is 5.32 Å². The summed E-state index contributed by atoms with van der Waals surface area (Å²) in [7, 11) is 0. The van der Waals surface area contributed by atoms with Crippen LogP contribution in [-0.4, -0.2) is 18.1 Å². The van der Waals surface area contributed by atoms with Gasteiger partial charge in [-0.15, -0.1) is 12.4 Å². The minimum absolute atomic E-state index is 0. The number of ether oxygens (including phenoxy) is 1. The fourth-order valence-electron chi connectivity index (χ4n) is 2.26. The number of nitrogens with two attached hydrogens (primary N) is 1. The Morgan fingerprint density at radius 3 is 2.48 bits per heavy atom. The van der Waals surface area contributed by atoms with Crippen molar-refractivity contribution in [3.05, 3.63) is 24.0 Å². The highest BCUT2D eigenvalue weighted by molar-refractivity contribution is 5.98. The number of hydrogen-bond acceptors (Lipinski definition) is 3. The van der Waals surface area contributed by atoms with Crippen molar-refractivity contribution in [1.29, 1.82) is 0 Å². The molecule has 0 unspecified atom stereocenters. The summed E-state index contributed by atoms with van der Waals surface area (Å²) in [6, 6.07) is 3.25. The van der Waals surface area contributed by atoms with Crippen molar-refractivity contribution in [2.45, 2.75) is 37.8 Å². The highest BCUT2D eigenvalue weighted by atomic mass is 35.5. The average molecular weight is 325 g/mol. The molecule has 0 aliphatic heterocycles. The standard InChI is InChI=1S/C13H15F3N2O2.ClH/c14-9-7-8(3-4-10(9)20-12(15)16)18-11(19)13(17)5-1-2-6-13;/h3-4,7,12H,1-2,5-6,17H2,(H,18,19);1H. The molecule has 1 aromatic carbocycles. The predicted molar refractivity (Wildman–Crippen MR) is 74.3 cm³/mol. The van der Waals surface area contributed by atoms with Crippen LogP contribution in [0, 0.1) is 5.82 Å². The first-order chi connectivity index (χ1) is 9.40. The number of carbonyl (C=O) groups excluding carboxylic acids is 1. The molecule has 1 aromatic rings. The number of rotatable bonds is 4. The van der Waals surface area contributed by atoms with Crippen LogP contribution in [0.3, 0.4) is 0 Å². The molecule has 21 heavy (non-hydrogen) atoms. The van der Waals surface area contributed by atoms with Crippen LogP contribution in [0.1, 0.15) is 25.7 Å². The fourth-order valence-corrected chi connectivity index (χ4v) is 2.26. The molecule has 0 saturated heterocycles. The lowest BCUT2D eigenvalue weighted by Crippen LogP contribution is -2.48. The molecule has 0 spiro atoms. The van der Waals surface area contributed by atoms with Gasteiger partial charge in [0.05, 0.1) is 5.54 Å². The zero-order valence-corrected chi connectivity index (χ0v) is 11.9. The highest BCUT2D eigenvalue weighted by Gasteiger charge is 2.37. The maximum absolute atomic E-state index is 13.5. The number of halogens is 4. The summed E-state index contributed by atoms with van der Waals surface area (Å²) in [5.74, 6) is -1.93. The minimum atomic E-state index is -3.10. The van der Waals surface area contributed by atoms with Gasteiger partial charge in [-0.3, -0.25) is 4.79 Å². The molecule has 118 valence electrons. The monoisotopic (exact) mass is 324 g/mol. The molecule has 0 bridgehead atoms. The third kappa shape index (κ3) is 4.25. The van der Waals surface area contributed by atoms with Gasteiger partial charge in [-0.05, 0) is 25.0 Å². The van der Waals surface area contributed by atoms with Gasteiger partial charge in [-0.1, -0.05) is 12.8 Å². The first-order valence-electron chi connectivity index (χ1n) is 6.25. The van der Waals surface area contributed by atoms with E-state index in [0.29, 0.717) is 12.8 Å². The molecule has 4 nitrogen and oxygen atoms in total. The van der Waals surface area contributed by atoms with E-state index in [1.165, 1.54) is 6.07 Å². The third-order valence-corrected chi connectivity index (χ3v) is 3.35. The number of anilines is 1. The van der Waals surface area contributed by atoms with Crippen LogP contribution in [0.2, 0.25) is 0 Å². The molecular formula is C13H16ClF3N2O2. The normalized spacial score (nSPS) is 16.4. The molecule has 3 N–H and O–H groups in total. The van der Waals surface area contributed by atoms with E-state index in [2.05, 4.69) is 10.1 Å². The Balaban J connectivity index is 0.00000220. The van der Waals surface area contributed by atoms with Crippen LogP contribution in [0.15, 0.2) is 18.2 Å². The second kappa shape index (κ2) is 7.00. The van der Waals surface area contributed by atoms with E-state index >= 15 is 0 Å². The molecule has 2 rings (SSSR count). The molecule has 1 saturated carbocycles. The van der Waals surface area contributed by atoms with Crippen molar-refractivity contribution in [1.82, 2.24) is 0 Å². The predicted octanol–water partition coefficient (Wildman–Crippen LogP) is 3.06. The zero-order valence-electron chi connectivity index (χ0n) is 11.1. The summed E-state index contributed by atoms with van der Waals surface area (Å²) in [5, 5.41) is 2.50. The van der Waals surface area contributed by atoms with Gasteiger partial charge in [0, 0.05) is 11.8 Å². The van der Waals surface area contributed by atoms with Gasteiger partial charge in [-0.2, -0.15) is 8.78 Å². The molecular weight excluding hydrogens is 309 g/mol. The maximum Gasteiger partial charge on any atom is 0.387 e. The number of amides is 1. The second-order valence-corrected chi connectivity index (χ2v) is 4.84. The van der Waals surface area contributed by atoms with Crippen molar-refractivity contribution in [2.24, 2.45) is 5.73 Å². The number of alkyl halides is 2. The second-order valence-electron chi connectivity index (χ2n) is 4.84. The lowest BCUT2D eigenvalue weighted by atomic mass is 9.98. The molecule has 0 aromatic heterocycles. The van der Waals surface area contributed by atoms with E-state index < -0.39 is 29.6 Å². The summed E-state index contributed by atoms with van der Waals surface area (Å²) in [4.78, 5) is 12.0. The zero-order chi connectivity index (χ0) is 14.8. The van der Waals surface area contributed by atoms with Crippen molar-refractivity contribution in [3.63, 3.8) is 0 Å². The first kappa shape index (κ1) is 17.6. The molecule has 0 atom stereocenters. The summed E-state index contributed by atoms with van der Waals surface area (Å²) in [6.07, 6.45) is 2.90. The first-order valence-corrected chi connectivity index (χ1v) is 6.25.